The zero-order valence-electron chi connectivity index (χ0n) is 11.7. The molecule has 3 rings (SSSR count). The number of pyridine rings is 1. The van der Waals surface area contributed by atoms with Gasteiger partial charge in [-0.1, -0.05) is 34.1 Å². The summed E-state index contributed by atoms with van der Waals surface area (Å²) in [6.07, 6.45) is 3.76. The first-order valence-electron chi connectivity index (χ1n) is 7.02. The molecule has 1 aromatic carbocycles. The third-order valence-corrected chi connectivity index (χ3v) is 3.94. The van der Waals surface area contributed by atoms with Crippen molar-refractivity contribution in [2.75, 3.05) is 31.1 Å². The second-order valence-electron chi connectivity index (χ2n) is 4.93. The van der Waals surface area contributed by atoms with Crippen LogP contribution in [0.2, 0.25) is 0 Å². The lowest BCUT2D eigenvalue weighted by molar-refractivity contribution is 0.271. The van der Waals surface area contributed by atoms with Crippen molar-refractivity contribution in [2.45, 2.75) is 0 Å². The van der Waals surface area contributed by atoms with Gasteiger partial charge in [-0.05, 0) is 29.8 Å². The maximum absolute atomic E-state index is 4.56. The minimum atomic E-state index is 0.918. The van der Waals surface area contributed by atoms with Gasteiger partial charge < -0.3 is 4.90 Å². The van der Waals surface area contributed by atoms with Crippen LogP contribution in [-0.2, 0) is 0 Å². The molecule has 1 aliphatic heterocycles. The molecular weight excluding hydrogens is 328 g/mol. The molecule has 2 aromatic rings. The van der Waals surface area contributed by atoms with Crippen LogP contribution < -0.4 is 4.90 Å². The van der Waals surface area contributed by atoms with Crippen LogP contribution in [0.5, 0.6) is 0 Å². The monoisotopic (exact) mass is 344 g/mol. The Bertz CT molecular complexity index is 607. The van der Waals surface area contributed by atoms with E-state index in [4.69, 9.17) is 0 Å². The predicted octanol–water partition coefficient (Wildman–Crippen LogP) is 3.00. The molecule has 0 bridgehead atoms. The van der Waals surface area contributed by atoms with Gasteiger partial charge in [-0.2, -0.15) is 5.10 Å². The fourth-order valence-electron chi connectivity index (χ4n) is 2.32. The minimum absolute atomic E-state index is 0.918. The SMILES string of the molecule is Brc1cccc(C=NN2CCN(c3ccccn3)CC2)c1. The number of hydrogen-bond donors (Lipinski definition) is 0. The van der Waals surface area contributed by atoms with Gasteiger partial charge in [-0.25, -0.2) is 4.98 Å². The standard InChI is InChI=1S/C16H17BrN4/c17-15-5-3-4-14(12-15)13-19-21-10-8-20(9-11-21)16-6-1-2-7-18-16/h1-7,12-13H,8-11H2. The molecule has 1 aromatic heterocycles. The third-order valence-electron chi connectivity index (χ3n) is 3.45. The highest BCUT2D eigenvalue weighted by molar-refractivity contribution is 9.10. The van der Waals surface area contributed by atoms with Gasteiger partial charge in [0, 0.05) is 23.8 Å². The Labute approximate surface area is 133 Å². The van der Waals surface area contributed by atoms with Crippen molar-refractivity contribution in [3.63, 3.8) is 0 Å². The molecule has 5 heteroatoms. The average molecular weight is 345 g/mol. The quantitative estimate of drug-likeness (QED) is 0.802. The summed E-state index contributed by atoms with van der Waals surface area (Å²) in [4.78, 5) is 6.69. The molecule has 0 atom stereocenters. The number of hydrazone groups is 1. The lowest BCUT2D eigenvalue weighted by atomic mass is 10.2. The zero-order chi connectivity index (χ0) is 14.5. The van der Waals surface area contributed by atoms with E-state index in [0.29, 0.717) is 0 Å². The molecule has 0 unspecified atom stereocenters. The van der Waals surface area contributed by atoms with Gasteiger partial charge in [-0.15, -0.1) is 0 Å². The summed E-state index contributed by atoms with van der Waals surface area (Å²) in [7, 11) is 0. The topological polar surface area (TPSA) is 31.7 Å². The molecule has 0 spiro atoms. The van der Waals surface area contributed by atoms with E-state index in [0.717, 1.165) is 42.0 Å². The summed E-state index contributed by atoms with van der Waals surface area (Å²) in [6.45, 7) is 3.74. The maximum atomic E-state index is 4.56. The van der Waals surface area contributed by atoms with Gasteiger partial charge >= 0.3 is 0 Å². The van der Waals surface area contributed by atoms with Crippen molar-refractivity contribution in [3.05, 3.63) is 58.7 Å². The highest BCUT2D eigenvalue weighted by atomic mass is 79.9. The van der Waals surface area contributed by atoms with Crippen LogP contribution in [-0.4, -0.2) is 42.4 Å². The molecule has 1 aliphatic rings. The van der Waals surface area contributed by atoms with Gasteiger partial charge in [0.25, 0.3) is 0 Å². The molecular formula is C16H17BrN4. The van der Waals surface area contributed by atoms with E-state index in [-0.39, 0.29) is 0 Å². The summed E-state index contributed by atoms with van der Waals surface area (Å²) in [5, 5.41) is 6.67. The molecule has 21 heavy (non-hydrogen) atoms. The van der Waals surface area contributed by atoms with Gasteiger partial charge in [0.2, 0.25) is 0 Å². The number of rotatable bonds is 3. The van der Waals surface area contributed by atoms with Crippen molar-refractivity contribution in [3.8, 4) is 0 Å². The lowest BCUT2D eigenvalue weighted by Crippen LogP contribution is -2.44. The first-order chi connectivity index (χ1) is 10.3. The van der Waals surface area contributed by atoms with E-state index in [9.17, 15) is 0 Å². The van der Waals surface area contributed by atoms with E-state index < -0.39 is 0 Å². The highest BCUT2D eigenvalue weighted by Crippen LogP contribution is 2.13. The molecule has 4 nitrogen and oxygen atoms in total. The normalized spacial score (nSPS) is 15.7. The number of benzene rings is 1. The average Bonchev–Trinajstić information content (AvgIpc) is 2.54. The summed E-state index contributed by atoms with van der Waals surface area (Å²) in [6, 6.07) is 14.2. The first kappa shape index (κ1) is 14.1. The molecule has 1 fully saturated rings. The van der Waals surface area contributed by atoms with Crippen LogP contribution in [0.4, 0.5) is 5.82 Å². The van der Waals surface area contributed by atoms with E-state index in [1.807, 2.05) is 36.7 Å². The second-order valence-corrected chi connectivity index (χ2v) is 5.84. The fraction of sp³-hybridized carbons (Fsp3) is 0.250. The van der Waals surface area contributed by atoms with Crippen molar-refractivity contribution in [1.82, 2.24) is 9.99 Å². The minimum Gasteiger partial charge on any atom is -0.353 e. The molecule has 2 heterocycles. The zero-order valence-corrected chi connectivity index (χ0v) is 13.3. The number of anilines is 1. The number of halogens is 1. The van der Waals surface area contributed by atoms with Crippen LogP contribution in [0, 0.1) is 0 Å². The van der Waals surface area contributed by atoms with Gasteiger partial charge in [0.15, 0.2) is 0 Å². The number of nitrogens with zero attached hydrogens (tertiary/aromatic N) is 4. The van der Waals surface area contributed by atoms with Crippen LogP contribution in [0.3, 0.4) is 0 Å². The Morgan fingerprint density at radius 2 is 1.90 bits per heavy atom. The largest absolute Gasteiger partial charge is 0.353 e. The summed E-state index contributed by atoms with van der Waals surface area (Å²) < 4.78 is 1.08. The molecule has 108 valence electrons. The van der Waals surface area contributed by atoms with Crippen LogP contribution in [0.25, 0.3) is 0 Å². The van der Waals surface area contributed by atoms with Gasteiger partial charge in [0.1, 0.15) is 5.82 Å². The van der Waals surface area contributed by atoms with Crippen LogP contribution in [0.15, 0.2) is 58.2 Å². The second kappa shape index (κ2) is 6.72. The van der Waals surface area contributed by atoms with Crippen molar-refractivity contribution >= 4 is 28.0 Å². The van der Waals surface area contributed by atoms with Gasteiger partial charge in [-0.3, -0.25) is 5.01 Å². The summed E-state index contributed by atoms with van der Waals surface area (Å²) in [5.41, 5.74) is 1.11. The first-order valence-corrected chi connectivity index (χ1v) is 7.81. The van der Waals surface area contributed by atoms with Gasteiger partial charge in [0.05, 0.1) is 19.3 Å². The molecule has 0 saturated carbocycles. The molecule has 0 aliphatic carbocycles. The Morgan fingerprint density at radius 1 is 1.05 bits per heavy atom. The number of piperazine rings is 1. The Hall–Kier alpha value is -1.88. The Balaban J connectivity index is 1.56. The van der Waals surface area contributed by atoms with Crippen molar-refractivity contribution < 1.29 is 0 Å². The van der Waals surface area contributed by atoms with E-state index >= 15 is 0 Å². The van der Waals surface area contributed by atoms with Crippen molar-refractivity contribution in [1.29, 1.82) is 0 Å². The Kier molecular flexibility index (Phi) is 4.50. The number of aromatic nitrogens is 1. The smallest absolute Gasteiger partial charge is 0.128 e. The number of hydrogen-bond acceptors (Lipinski definition) is 4. The highest BCUT2D eigenvalue weighted by Gasteiger charge is 2.15. The van der Waals surface area contributed by atoms with E-state index in [2.05, 4.69) is 54.1 Å². The maximum Gasteiger partial charge on any atom is 0.128 e. The van der Waals surface area contributed by atoms with E-state index in [1.165, 1.54) is 0 Å². The predicted molar refractivity (Wildman–Crippen MR) is 89.8 cm³/mol. The third kappa shape index (κ3) is 3.82. The molecule has 0 N–H and O–H groups in total. The van der Waals surface area contributed by atoms with Crippen LogP contribution >= 0.6 is 15.9 Å². The Morgan fingerprint density at radius 3 is 2.62 bits per heavy atom. The molecule has 0 amide bonds. The molecule has 0 radical (unpaired) electrons. The summed E-state index contributed by atoms with van der Waals surface area (Å²) >= 11 is 3.47. The molecule has 1 saturated heterocycles. The van der Waals surface area contributed by atoms with E-state index in [1.54, 1.807) is 0 Å². The summed E-state index contributed by atoms with van der Waals surface area (Å²) in [5.74, 6) is 1.05. The lowest BCUT2D eigenvalue weighted by Gasteiger charge is -2.33. The van der Waals surface area contributed by atoms with Crippen LogP contribution in [0.1, 0.15) is 5.56 Å². The van der Waals surface area contributed by atoms with Crippen molar-refractivity contribution in [2.24, 2.45) is 5.10 Å². The fourth-order valence-corrected chi connectivity index (χ4v) is 2.73.